The molecule has 0 aliphatic heterocycles. The third-order valence-corrected chi connectivity index (χ3v) is 2.54. The molecule has 18 heavy (non-hydrogen) atoms. The van der Waals surface area contributed by atoms with Crippen LogP contribution in [0.1, 0.15) is 21.9 Å². The van der Waals surface area contributed by atoms with E-state index >= 15 is 0 Å². The van der Waals surface area contributed by atoms with Crippen LogP contribution in [0.2, 0.25) is 0 Å². The van der Waals surface area contributed by atoms with Crippen LogP contribution < -0.4 is 16.2 Å². The zero-order chi connectivity index (χ0) is 13.1. The Morgan fingerprint density at radius 3 is 2.56 bits per heavy atom. The maximum atomic E-state index is 11.0. The van der Waals surface area contributed by atoms with E-state index in [2.05, 4.69) is 9.97 Å². The molecule has 6 nitrogen and oxygen atoms in total. The number of nitrogens with two attached hydrogens (primary N) is 2. The molecule has 2 aromatic rings. The van der Waals surface area contributed by atoms with Crippen molar-refractivity contribution < 1.29 is 9.53 Å². The highest BCUT2D eigenvalue weighted by atomic mass is 16.5. The van der Waals surface area contributed by atoms with Gasteiger partial charge in [0.05, 0.1) is 7.11 Å². The first-order chi connectivity index (χ1) is 8.60. The summed E-state index contributed by atoms with van der Waals surface area (Å²) < 4.78 is 5.07. The van der Waals surface area contributed by atoms with Crippen molar-refractivity contribution in [3.63, 3.8) is 0 Å². The molecule has 0 saturated carbocycles. The number of nitrogens with zero attached hydrogens (tertiary/aromatic N) is 1. The number of aromatic amines is 1. The average molecular weight is 246 g/mol. The molecule has 0 spiro atoms. The number of aromatic nitrogens is 2. The molecule has 0 fully saturated rings. The van der Waals surface area contributed by atoms with E-state index in [-0.39, 0.29) is 11.5 Å². The number of imidazole rings is 1. The van der Waals surface area contributed by atoms with Gasteiger partial charge < -0.3 is 21.2 Å². The second kappa shape index (κ2) is 4.79. The van der Waals surface area contributed by atoms with Crippen LogP contribution in [0.15, 0.2) is 24.3 Å². The van der Waals surface area contributed by atoms with Gasteiger partial charge in [-0.2, -0.15) is 0 Å². The highest BCUT2D eigenvalue weighted by Crippen LogP contribution is 2.15. The molecule has 6 heteroatoms. The van der Waals surface area contributed by atoms with E-state index in [1.165, 1.54) is 0 Å². The molecule has 1 aromatic heterocycles. The number of hydrogen-bond acceptors (Lipinski definition) is 4. The van der Waals surface area contributed by atoms with Gasteiger partial charge in [0.15, 0.2) is 5.69 Å². The molecule has 94 valence electrons. The smallest absolute Gasteiger partial charge is 0.271 e. The van der Waals surface area contributed by atoms with Crippen LogP contribution >= 0.6 is 0 Å². The lowest BCUT2D eigenvalue weighted by Crippen LogP contribution is -2.13. The standard InChI is InChI=1S/C12H14N4O2/c1-18-8-4-2-7(3-5-8)6-9-15-10(12(14)17)11(13)16-9/h2-5H,6,13H2,1H3,(H2,14,17)(H,15,16). The van der Waals surface area contributed by atoms with Crippen molar-refractivity contribution in [2.24, 2.45) is 5.73 Å². The van der Waals surface area contributed by atoms with Crippen LogP contribution in [0.3, 0.4) is 0 Å². The summed E-state index contributed by atoms with van der Waals surface area (Å²) in [5.74, 6) is 0.956. The number of carbonyl (C=O) groups excluding carboxylic acids is 1. The van der Waals surface area contributed by atoms with Gasteiger partial charge in [0, 0.05) is 6.42 Å². The summed E-state index contributed by atoms with van der Waals surface area (Å²) in [7, 11) is 1.61. The molecule has 1 heterocycles. The highest BCUT2D eigenvalue weighted by molar-refractivity contribution is 5.95. The zero-order valence-corrected chi connectivity index (χ0v) is 9.93. The van der Waals surface area contributed by atoms with Crippen molar-refractivity contribution in [2.75, 3.05) is 12.8 Å². The van der Waals surface area contributed by atoms with E-state index in [0.29, 0.717) is 12.2 Å². The van der Waals surface area contributed by atoms with Crippen molar-refractivity contribution in [1.29, 1.82) is 0 Å². The molecule has 0 aliphatic rings. The normalized spacial score (nSPS) is 10.3. The van der Waals surface area contributed by atoms with Crippen LogP contribution in [0.25, 0.3) is 0 Å². The number of anilines is 1. The van der Waals surface area contributed by atoms with E-state index in [1.807, 2.05) is 24.3 Å². The summed E-state index contributed by atoms with van der Waals surface area (Å²) in [6.45, 7) is 0. The number of methoxy groups -OCH3 is 1. The fourth-order valence-corrected chi connectivity index (χ4v) is 1.65. The number of ether oxygens (including phenoxy) is 1. The van der Waals surface area contributed by atoms with Crippen LogP contribution in [0, 0.1) is 0 Å². The molecule has 5 N–H and O–H groups in total. The van der Waals surface area contributed by atoms with Gasteiger partial charge in [0.2, 0.25) is 0 Å². The lowest BCUT2D eigenvalue weighted by molar-refractivity contribution is 0.0997. The number of carbonyl (C=O) groups is 1. The summed E-state index contributed by atoms with van der Waals surface area (Å²) in [4.78, 5) is 17.9. The number of rotatable bonds is 4. The van der Waals surface area contributed by atoms with Crippen LogP contribution in [-0.2, 0) is 6.42 Å². The Hall–Kier alpha value is -2.50. The molecule has 1 aromatic carbocycles. The van der Waals surface area contributed by atoms with Crippen molar-refractivity contribution >= 4 is 11.7 Å². The predicted molar refractivity (Wildman–Crippen MR) is 67.3 cm³/mol. The number of hydrogen-bond donors (Lipinski definition) is 3. The number of benzene rings is 1. The number of primary amides is 1. The largest absolute Gasteiger partial charge is 0.497 e. The number of H-pyrrole nitrogens is 1. The highest BCUT2D eigenvalue weighted by Gasteiger charge is 2.12. The van der Waals surface area contributed by atoms with E-state index in [0.717, 1.165) is 11.3 Å². The lowest BCUT2D eigenvalue weighted by atomic mass is 10.1. The maximum absolute atomic E-state index is 11.0. The number of amides is 1. The fraction of sp³-hybridized carbons (Fsp3) is 0.167. The van der Waals surface area contributed by atoms with Crippen LogP contribution in [0.4, 0.5) is 5.82 Å². The quantitative estimate of drug-likeness (QED) is 0.737. The molecule has 1 amide bonds. The zero-order valence-electron chi connectivity index (χ0n) is 9.93. The molecule has 0 radical (unpaired) electrons. The summed E-state index contributed by atoms with van der Waals surface area (Å²) in [6.07, 6.45) is 0.543. The van der Waals surface area contributed by atoms with E-state index in [4.69, 9.17) is 16.2 Å². The van der Waals surface area contributed by atoms with Gasteiger partial charge in [0.25, 0.3) is 5.91 Å². The van der Waals surface area contributed by atoms with Crippen LogP contribution in [-0.4, -0.2) is 23.0 Å². The average Bonchev–Trinajstić information content (AvgIpc) is 2.71. The minimum atomic E-state index is -0.635. The van der Waals surface area contributed by atoms with E-state index < -0.39 is 5.91 Å². The summed E-state index contributed by atoms with van der Waals surface area (Å²) in [5, 5.41) is 0. The van der Waals surface area contributed by atoms with Crippen molar-refractivity contribution in [3.05, 3.63) is 41.3 Å². The van der Waals surface area contributed by atoms with Gasteiger partial charge in [-0.25, -0.2) is 4.98 Å². The Labute approximate surface area is 104 Å². The SMILES string of the molecule is COc1ccc(Cc2nc(C(N)=O)c(N)[nH]2)cc1. The Kier molecular flexibility index (Phi) is 3.18. The summed E-state index contributed by atoms with van der Waals surface area (Å²) >= 11 is 0. The minimum Gasteiger partial charge on any atom is -0.497 e. The maximum Gasteiger partial charge on any atom is 0.271 e. The minimum absolute atomic E-state index is 0.0820. The molecular weight excluding hydrogens is 232 g/mol. The van der Waals surface area contributed by atoms with E-state index in [9.17, 15) is 4.79 Å². The van der Waals surface area contributed by atoms with Crippen molar-refractivity contribution in [3.8, 4) is 5.75 Å². The summed E-state index contributed by atoms with van der Waals surface area (Å²) in [6, 6.07) is 7.55. The van der Waals surface area contributed by atoms with Gasteiger partial charge in [-0.1, -0.05) is 12.1 Å². The lowest BCUT2D eigenvalue weighted by Gasteiger charge is -2.01. The number of nitrogens with one attached hydrogen (secondary N) is 1. The first-order valence-corrected chi connectivity index (χ1v) is 5.37. The molecule has 0 atom stereocenters. The molecule has 0 aliphatic carbocycles. The molecular formula is C12H14N4O2. The fourth-order valence-electron chi connectivity index (χ4n) is 1.65. The third kappa shape index (κ3) is 2.42. The second-order valence-corrected chi connectivity index (χ2v) is 3.83. The van der Waals surface area contributed by atoms with Gasteiger partial charge >= 0.3 is 0 Å². The van der Waals surface area contributed by atoms with Crippen molar-refractivity contribution in [1.82, 2.24) is 9.97 Å². The molecule has 0 unspecified atom stereocenters. The first kappa shape index (κ1) is 12.0. The predicted octanol–water partition coefficient (Wildman–Crippen LogP) is 0.690. The molecule has 0 saturated heterocycles. The van der Waals surface area contributed by atoms with Crippen LogP contribution in [0.5, 0.6) is 5.75 Å². The summed E-state index contributed by atoms with van der Waals surface area (Å²) in [5.41, 5.74) is 11.9. The van der Waals surface area contributed by atoms with Gasteiger partial charge in [-0.05, 0) is 17.7 Å². The topological polar surface area (TPSA) is 107 Å². The Morgan fingerprint density at radius 2 is 2.06 bits per heavy atom. The molecule has 2 rings (SSSR count). The third-order valence-electron chi connectivity index (χ3n) is 2.54. The van der Waals surface area contributed by atoms with E-state index in [1.54, 1.807) is 7.11 Å². The van der Waals surface area contributed by atoms with Gasteiger partial charge in [-0.15, -0.1) is 0 Å². The monoisotopic (exact) mass is 246 g/mol. The molecule has 0 bridgehead atoms. The Morgan fingerprint density at radius 1 is 1.39 bits per heavy atom. The van der Waals surface area contributed by atoms with Crippen molar-refractivity contribution in [2.45, 2.75) is 6.42 Å². The Balaban J connectivity index is 2.18. The van der Waals surface area contributed by atoms with Gasteiger partial charge in [-0.3, -0.25) is 4.79 Å². The van der Waals surface area contributed by atoms with Gasteiger partial charge in [0.1, 0.15) is 17.4 Å². The second-order valence-electron chi connectivity index (χ2n) is 3.83. The Bertz CT molecular complexity index is 560. The number of nitrogen functional groups attached to an aromatic ring is 1. The first-order valence-electron chi connectivity index (χ1n) is 5.37.